The van der Waals surface area contributed by atoms with Gasteiger partial charge < -0.3 is 15.5 Å². The highest BCUT2D eigenvalue weighted by Gasteiger charge is 2.14. The second-order valence-corrected chi connectivity index (χ2v) is 7.89. The summed E-state index contributed by atoms with van der Waals surface area (Å²) in [6, 6.07) is 20.8. The zero-order chi connectivity index (χ0) is 25.5. The predicted molar refractivity (Wildman–Crippen MR) is 146 cm³/mol. The van der Waals surface area contributed by atoms with E-state index in [9.17, 15) is 9.18 Å². The first-order valence-corrected chi connectivity index (χ1v) is 11.1. The second-order valence-electron chi connectivity index (χ2n) is 7.89. The van der Waals surface area contributed by atoms with Crippen LogP contribution >= 0.6 is 0 Å². The Kier molecular flexibility index (Phi) is 7.37. The fourth-order valence-corrected chi connectivity index (χ4v) is 3.59. The number of nitrogens with one attached hydrogen (secondary N) is 2. The number of allylic oxidation sites excluding steroid dienone is 2. The topological polar surface area (TPSA) is 69.6 Å². The van der Waals surface area contributed by atoms with Crippen LogP contribution < -0.4 is 15.5 Å². The lowest BCUT2D eigenvalue weighted by Gasteiger charge is -2.18. The third-order valence-corrected chi connectivity index (χ3v) is 5.50. The highest BCUT2D eigenvalue weighted by atomic mass is 19.1. The molecule has 1 aromatic heterocycles. The molecule has 0 atom stereocenters. The van der Waals surface area contributed by atoms with Crippen molar-refractivity contribution in [3.63, 3.8) is 0 Å². The van der Waals surface area contributed by atoms with E-state index in [-0.39, 0.29) is 11.7 Å². The molecule has 1 heterocycles. The van der Waals surface area contributed by atoms with Crippen molar-refractivity contribution >= 4 is 45.8 Å². The van der Waals surface area contributed by atoms with E-state index in [0.717, 1.165) is 22.7 Å². The van der Waals surface area contributed by atoms with Gasteiger partial charge in [-0.3, -0.25) is 14.8 Å². The van der Waals surface area contributed by atoms with Gasteiger partial charge in [0, 0.05) is 60.2 Å². The quantitative estimate of drug-likeness (QED) is 0.252. The Balaban J connectivity index is 1.45. The molecule has 0 spiro atoms. The van der Waals surface area contributed by atoms with E-state index in [1.807, 2.05) is 36.4 Å². The predicted octanol–water partition coefficient (Wildman–Crippen LogP) is 6.02. The van der Waals surface area contributed by atoms with Crippen LogP contribution in [0.4, 0.5) is 27.1 Å². The number of aliphatic imine (C=N–C) groups is 1. The van der Waals surface area contributed by atoms with Crippen LogP contribution in [-0.4, -0.2) is 31.2 Å². The number of nitrogens with zero attached hydrogens (tertiary/aromatic N) is 3. The summed E-state index contributed by atoms with van der Waals surface area (Å²) in [5.74, 6) is 2.08. The van der Waals surface area contributed by atoms with Crippen molar-refractivity contribution in [1.82, 2.24) is 4.98 Å². The fourth-order valence-electron chi connectivity index (χ4n) is 3.59. The molecule has 36 heavy (non-hydrogen) atoms. The zero-order valence-electron chi connectivity index (χ0n) is 19.9. The van der Waals surface area contributed by atoms with Crippen LogP contribution in [0.1, 0.15) is 10.4 Å². The van der Waals surface area contributed by atoms with Gasteiger partial charge in [-0.15, -0.1) is 6.42 Å². The molecule has 0 saturated heterocycles. The molecule has 0 radical (unpaired) electrons. The first-order valence-electron chi connectivity index (χ1n) is 11.1. The molecular weight excluding hydrogens is 453 g/mol. The summed E-state index contributed by atoms with van der Waals surface area (Å²) in [6.45, 7) is 0. The van der Waals surface area contributed by atoms with Gasteiger partial charge in [-0.25, -0.2) is 4.39 Å². The maximum absolute atomic E-state index is 13.7. The number of aromatic nitrogens is 1. The van der Waals surface area contributed by atoms with E-state index in [0.29, 0.717) is 22.2 Å². The first kappa shape index (κ1) is 24.2. The summed E-state index contributed by atoms with van der Waals surface area (Å²) in [4.78, 5) is 22.8. The molecule has 2 N–H and O–H groups in total. The molecule has 178 valence electrons. The lowest BCUT2D eigenvalue weighted by molar-refractivity contribution is 0.0993. The maximum Gasteiger partial charge on any atom is 0.258 e. The molecular formula is C29H24FN5O. The summed E-state index contributed by atoms with van der Waals surface area (Å²) in [6.07, 6.45) is 10.5. The summed E-state index contributed by atoms with van der Waals surface area (Å²) >= 11 is 0. The third-order valence-electron chi connectivity index (χ3n) is 5.50. The van der Waals surface area contributed by atoms with E-state index >= 15 is 0 Å². The minimum Gasteiger partial charge on any atom is -0.355 e. The van der Waals surface area contributed by atoms with Crippen molar-refractivity contribution in [3.05, 3.63) is 102 Å². The molecule has 7 heteroatoms. The first-order chi connectivity index (χ1) is 17.5. The SMILES string of the molecule is C#C/C(=C\C=N/C)Nc1ccc(N(C)C(=O)c2ccc(Nc3ccnc4ccc(F)cc34)cc2)cc1. The van der Waals surface area contributed by atoms with Crippen LogP contribution in [0.25, 0.3) is 10.9 Å². The monoisotopic (exact) mass is 477 g/mol. The zero-order valence-corrected chi connectivity index (χ0v) is 19.9. The highest BCUT2D eigenvalue weighted by molar-refractivity contribution is 6.06. The van der Waals surface area contributed by atoms with E-state index in [2.05, 4.69) is 26.5 Å². The Labute approximate surface area is 209 Å². The molecule has 0 bridgehead atoms. The summed E-state index contributed by atoms with van der Waals surface area (Å²) < 4.78 is 13.7. The van der Waals surface area contributed by atoms with E-state index in [1.165, 1.54) is 12.1 Å². The molecule has 0 aliphatic carbocycles. The van der Waals surface area contributed by atoms with Crippen molar-refractivity contribution in [1.29, 1.82) is 0 Å². The van der Waals surface area contributed by atoms with Crippen LogP contribution in [0.2, 0.25) is 0 Å². The number of carbonyl (C=O) groups is 1. The molecule has 0 aliphatic heterocycles. The molecule has 0 aliphatic rings. The fraction of sp³-hybridized carbons (Fsp3) is 0.0690. The number of anilines is 4. The average molecular weight is 478 g/mol. The second kappa shape index (κ2) is 11.0. The van der Waals surface area contributed by atoms with Crippen molar-refractivity contribution < 1.29 is 9.18 Å². The number of pyridine rings is 1. The Hall–Kier alpha value is -4.96. The minimum atomic E-state index is -0.328. The lowest BCUT2D eigenvalue weighted by atomic mass is 10.1. The Morgan fingerprint density at radius 3 is 2.47 bits per heavy atom. The van der Waals surface area contributed by atoms with Crippen LogP contribution in [-0.2, 0) is 0 Å². The van der Waals surface area contributed by atoms with Gasteiger partial charge in [-0.2, -0.15) is 0 Å². The summed E-state index contributed by atoms with van der Waals surface area (Å²) in [7, 11) is 3.39. The average Bonchev–Trinajstić information content (AvgIpc) is 2.91. The van der Waals surface area contributed by atoms with Gasteiger partial charge >= 0.3 is 0 Å². The minimum absolute atomic E-state index is 0.151. The molecule has 4 aromatic rings. The van der Waals surface area contributed by atoms with Crippen molar-refractivity contribution in [2.45, 2.75) is 0 Å². The number of fused-ring (bicyclic) bond motifs is 1. The third kappa shape index (κ3) is 5.57. The van der Waals surface area contributed by atoms with Gasteiger partial charge in [0.1, 0.15) is 5.82 Å². The van der Waals surface area contributed by atoms with Gasteiger partial charge in [-0.1, -0.05) is 5.92 Å². The number of terminal acetylenes is 1. The molecule has 1 amide bonds. The van der Waals surface area contributed by atoms with Crippen LogP contribution in [0.15, 0.2) is 95.8 Å². The number of benzene rings is 3. The molecule has 0 saturated carbocycles. The normalized spacial score (nSPS) is 11.3. The van der Waals surface area contributed by atoms with E-state index in [1.54, 1.807) is 61.7 Å². The number of rotatable bonds is 7. The molecule has 3 aromatic carbocycles. The van der Waals surface area contributed by atoms with Gasteiger partial charge in [0.2, 0.25) is 0 Å². The van der Waals surface area contributed by atoms with Gasteiger partial charge in [0.15, 0.2) is 0 Å². The lowest BCUT2D eigenvalue weighted by Crippen LogP contribution is -2.26. The molecule has 4 rings (SSSR count). The van der Waals surface area contributed by atoms with Gasteiger partial charge in [0.05, 0.1) is 11.2 Å². The van der Waals surface area contributed by atoms with Crippen molar-refractivity contribution in [3.8, 4) is 12.3 Å². The highest BCUT2D eigenvalue weighted by Crippen LogP contribution is 2.26. The van der Waals surface area contributed by atoms with E-state index in [4.69, 9.17) is 6.42 Å². The summed E-state index contributed by atoms with van der Waals surface area (Å²) in [5.41, 5.74) is 4.84. The van der Waals surface area contributed by atoms with Gasteiger partial charge in [0.25, 0.3) is 5.91 Å². The molecule has 0 unspecified atom stereocenters. The largest absolute Gasteiger partial charge is 0.355 e. The van der Waals surface area contributed by atoms with Crippen molar-refractivity contribution in [2.24, 2.45) is 4.99 Å². The number of hydrogen-bond acceptors (Lipinski definition) is 5. The number of carbonyl (C=O) groups excluding carboxylic acids is 1. The smallest absolute Gasteiger partial charge is 0.258 e. The van der Waals surface area contributed by atoms with E-state index < -0.39 is 0 Å². The van der Waals surface area contributed by atoms with Crippen LogP contribution in [0.3, 0.4) is 0 Å². The Morgan fingerprint density at radius 2 is 1.78 bits per heavy atom. The Bertz CT molecular complexity index is 1490. The molecule has 0 fully saturated rings. The standard InChI is InChI=1S/C29H24FN5O/c1-4-22(15-17-31-2)33-23-10-12-25(13-11-23)35(3)29(36)20-5-8-24(9-6-20)34-28-16-18-32-27-14-7-21(30)19-26(27)28/h1,5-19,33H,2-3H3,(H,32,34)/b22-15+,31-17-. The molecule has 6 nitrogen and oxygen atoms in total. The summed E-state index contributed by atoms with van der Waals surface area (Å²) in [5, 5.41) is 7.08. The van der Waals surface area contributed by atoms with Crippen molar-refractivity contribution in [2.75, 3.05) is 29.6 Å². The van der Waals surface area contributed by atoms with Gasteiger partial charge in [-0.05, 0) is 78.9 Å². The maximum atomic E-state index is 13.7. The number of hydrogen-bond donors (Lipinski definition) is 2. The number of halogens is 1. The Morgan fingerprint density at radius 1 is 1.06 bits per heavy atom. The number of amides is 1. The van der Waals surface area contributed by atoms with Crippen LogP contribution in [0.5, 0.6) is 0 Å². The van der Waals surface area contributed by atoms with Crippen LogP contribution in [0, 0.1) is 18.2 Å².